The molecule has 1 heterocycles. The standard InChI is InChI=1S/C20H26N4O4/c1-4-27-15-9-7-14(8-10-15)19(25)23-17(12(2)3)20(26)21-11-16-22-18(24-28-16)13-5-6-13/h7-10,12-13,17H,4-6,11H2,1-3H3,(H,21,26)(H,23,25). The molecule has 2 N–H and O–H groups in total. The third kappa shape index (κ3) is 5.09. The largest absolute Gasteiger partial charge is 0.494 e. The van der Waals surface area contributed by atoms with Crippen molar-refractivity contribution < 1.29 is 18.8 Å². The van der Waals surface area contributed by atoms with Crippen LogP contribution in [0.5, 0.6) is 5.75 Å². The van der Waals surface area contributed by atoms with Crippen LogP contribution in [-0.4, -0.2) is 34.6 Å². The molecule has 0 aliphatic heterocycles. The van der Waals surface area contributed by atoms with Crippen LogP contribution in [0, 0.1) is 5.92 Å². The van der Waals surface area contributed by atoms with E-state index in [1.165, 1.54) is 0 Å². The lowest BCUT2D eigenvalue weighted by Gasteiger charge is -2.21. The van der Waals surface area contributed by atoms with Crippen LogP contribution in [0.2, 0.25) is 0 Å². The first-order valence-corrected chi connectivity index (χ1v) is 9.61. The van der Waals surface area contributed by atoms with E-state index in [1.54, 1.807) is 24.3 Å². The van der Waals surface area contributed by atoms with Crippen LogP contribution < -0.4 is 15.4 Å². The smallest absolute Gasteiger partial charge is 0.251 e. The molecule has 8 nitrogen and oxygen atoms in total. The van der Waals surface area contributed by atoms with Gasteiger partial charge in [-0.25, -0.2) is 0 Å². The number of hydrogen-bond acceptors (Lipinski definition) is 6. The van der Waals surface area contributed by atoms with Crippen molar-refractivity contribution in [2.75, 3.05) is 6.61 Å². The van der Waals surface area contributed by atoms with Crippen LogP contribution in [0.15, 0.2) is 28.8 Å². The predicted octanol–water partition coefficient (Wildman–Crippen LogP) is 2.42. The molecule has 1 fully saturated rings. The number of benzene rings is 1. The summed E-state index contributed by atoms with van der Waals surface area (Å²) in [6.45, 7) is 6.35. The molecular weight excluding hydrogens is 360 g/mol. The van der Waals surface area contributed by atoms with Crippen LogP contribution in [0.4, 0.5) is 0 Å². The Morgan fingerprint density at radius 2 is 1.96 bits per heavy atom. The Hall–Kier alpha value is -2.90. The normalized spacial score (nSPS) is 14.6. The van der Waals surface area contributed by atoms with Gasteiger partial charge in [-0.3, -0.25) is 9.59 Å². The third-order valence-corrected chi connectivity index (χ3v) is 4.50. The van der Waals surface area contributed by atoms with Gasteiger partial charge in [0, 0.05) is 11.5 Å². The zero-order valence-corrected chi connectivity index (χ0v) is 16.4. The average Bonchev–Trinajstić information content (AvgIpc) is 3.43. The first-order chi connectivity index (χ1) is 13.5. The fourth-order valence-electron chi connectivity index (χ4n) is 2.75. The van der Waals surface area contributed by atoms with Gasteiger partial charge in [0.15, 0.2) is 5.82 Å². The Balaban J connectivity index is 1.56. The van der Waals surface area contributed by atoms with Gasteiger partial charge in [-0.2, -0.15) is 4.98 Å². The SMILES string of the molecule is CCOc1ccc(C(=O)NC(C(=O)NCc2nc(C3CC3)no2)C(C)C)cc1. The monoisotopic (exact) mass is 386 g/mol. The molecule has 1 aliphatic carbocycles. The number of nitrogens with one attached hydrogen (secondary N) is 2. The van der Waals surface area contributed by atoms with Gasteiger partial charge in [-0.05, 0) is 49.9 Å². The molecule has 2 aromatic rings. The van der Waals surface area contributed by atoms with E-state index in [1.807, 2.05) is 20.8 Å². The number of aromatic nitrogens is 2. The summed E-state index contributed by atoms with van der Waals surface area (Å²) in [4.78, 5) is 29.4. The van der Waals surface area contributed by atoms with Crippen molar-refractivity contribution in [1.29, 1.82) is 0 Å². The first-order valence-electron chi connectivity index (χ1n) is 9.61. The summed E-state index contributed by atoms with van der Waals surface area (Å²) >= 11 is 0. The average molecular weight is 386 g/mol. The molecule has 150 valence electrons. The summed E-state index contributed by atoms with van der Waals surface area (Å²) in [7, 11) is 0. The maximum Gasteiger partial charge on any atom is 0.251 e. The Kier molecular flexibility index (Phi) is 6.28. The van der Waals surface area contributed by atoms with E-state index in [2.05, 4.69) is 20.8 Å². The molecule has 1 aromatic heterocycles. The van der Waals surface area contributed by atoms with Gasteiger partial charge in [0.2, 0.25) is 11.8 Å². The molecule has 8 heteroatoms. The lowest BCUT2D eigenvalue weighted by atomic mass is 10.0. The molecule has 0 spiro atoms. The number of carbonyl (C=O) groups is 2. The predicted molar refractivity (Wildman–Crippen MR) is 102 cm³/mol. The van der Waals surface area contributed by atoms with Gasteiger partial charge in [-0.1, -0.05) is 19.0 Å². The highest BCUT2D eigenvalue weighted by molar-refractivity contribution is 5.97. The number of hydrogen-bond donors (Lipinski definition) is 2. The van der Waals surface area contributed by atoms with Crippen molar-refractivity contribution in [3.63, 3.8) is 0 Å². The van der Waals surface area contributed by atoms with Crippen molar-refractivity contribution in [2.45, 2.75) is 52.1 Å². The van der Waals surface area contributed by atoms with E-state index in [0.29, 0.717) is 35.6 Å². The highest BCUT2D eigenvalue weighted by atomic mass is 16.5. The maximum absolute atomic E-state index is 12.6. The second-order valence-corrected chi connectivity index (χ2v) is 7.19. The quantitative estimate of drug-likeness (QED) is 0.685. The molecule has 3 rings (SSSR count). The molecule has 2 amide bonds. The third-order valence-electron chi connectivity index (χ3n) is 4.50. The van der Waals surface area contributed by atoms with E-state index < -0.39 is 6.04 Å². The van der Waals surface area contributed by atoms with Gasteiger partial charge in [-0.15, -0.1) is 0 Å². The number of ether oxygens (including phenoxy) is 1. The molecule has 28 heavy (non-hydrogen) atoms. The highest BCUT2D eigenvalue weighted by Gasteiger charge is 2.29. The number of carbonyl (C=O) groups excluding carboxylic acids is 2. The van der Waals surface area contributed by atoms with E-state index >= 15 is 0 Å². The lowest BCUT2D eigenvalue weighted by Crippen LogP contribution is -2.49. The van der Waals surface area contributed by atoms with Gasteiger partial charge in [0.05, 0.1) is 13.2 Å². The topological polar surface area (TPSA) is 106 Å². The van der Waals surface area contributed by atoms with Crippen LogP contribution in [0.25, 0.3) is 0 Å². The van der Waals surface area contributed by atoms with Gasteiger partial charge >= 0.3 is 0 Å². The van der Waals surface area contributed by atoms with Crippen molar-refractivity contribution in [2.24, 2.45) is 5.92 Å². The minimum absolute atomic E-state index is 0.0867. The summed E-state index contributed by atoms with van der Waals surface area (Å²) in [5, 5.41) is 9.49. The zero-order chi connectivity index (χ0) is 20.1. The van der Waals surface area contributed by atoms with Gasteiger partial charge < -0.3 is 19.9 Å². The molecule has 0 saturated heterocycles. The van der Waals surface area contributed by atoms with Crippen molar-refractivity contribution in [1.82, 2.24) is 20.8 Å². The van der Waals surface area contributed by atoms with Crippen molar-refractivity contribution in [3.05, 3.63) is 41.5 Å². The minimum Gasteiger partial charge on any atom is -0.494 e. The molecular formula is C20H26N4O4. The summed E-state index contributed by atoms with van der Waals surface area (Å²) < 4.78 is 10.5. The molecule has 1 aromatic carbocycles. The number of nitrogens with zero attached hydrogens (tertiary/aromatic N) is 2. The summed E-state index contributed by atoms with van der Waals surface area (Å²) in [6, 6.07) is 6.14. The van der Waals surface area contributed by atoms with E-state index in [-0.39, 0.29) is 24.3 Å². The molecule has 1 saturated carbocycles. The molecule has 1 unspecified atom stereocenters. The van der Waals surface area contributed by atoms with Crippen molar-refractivity contribution >= 4 is 11.8 Å². The Labute approximate surface area is 164 Å². The fraction of sp³-hybridized carbons (Fsp3) is 0.500. The second-order valence-electron chi connectivity index (χ2n) is 7.19. The summed E-state index contributed by atoms with van der Waals surface area (Å²) in [5.41, 5.74) is 0.466. The molecule has 0 bridgehead atoms. The van der Waals surface area contributed by atoms with E-state index in [9.17, 15) is 9.59 Å². The Bertz CT molecular complexity index is 812. The minimum atomic E-state index is -0.676. The second kappa shape index (κ2) is 8.86. The molecule has 1 aliphatic rings. The Morgan fingerprint density at radius 1 is 1.25 bits per heavy atom. The fourth-order valence-corrected chi connectivity index (χ4v) is 2.75. The maximum atomic E-state index is 12.6. The summed E-state index contributed by atoms with van der Waals surface area (Å²) in [6.07, 6.45) is 2.16. The van der Waals surface area contributed by atoms with Crippen LogP contribution in [-0.2, 0) is 11.3 Å². The summed E-state index contributed by atoms with van der Waals surface area (Å²) in [5.74, 6) is 1.47. The van der Waals surface area contributed by atoms with Gasteiger partial charge in [0.1, 0.15) is 11.8 Å². The van der Waals surface area contributed by atoms with Gasteiger partial charge in [0.25, 0.3) is 5.91 Å². The number of rotatable bonds is 9. The molecule has 0 radical (unpaired) electrons. The van der Waals surface area contributed by atoms with E-state index in [4.69, 9.17) is 9.26 Å². The highest BCUT2D eigenvalue weighted by Crippen LogP contribution is 2.38. The first kappa shape index (κ1) is 19.9. The molecule has 1 atom stereocenters. The van der Waals surface area contributed by atoms with Crippen LogP contribution >= 0.6 is 0 Å². The number of amides is 2. The van der Waals surface area contributed by atoms with Crippen LogP contribution in [0.1, 0.15) is 61.6 Å². The lowest BCUT2D eigenvalue weighted by molar-refractivity contribution is -0.124. The zero-order valence-electron chi connectivity index (χ0n) is 16.4. The van der Waals surface area contributed by atoms with Crippen molar-refractivity contribution in [3.8, 4) is 5.75 Å². The van der Waals surface area contributed by atoms with E-state index in [0.717, 1.165) is 12.8 Å². The van der Waals surface area contributed by atoms with Crippen LogP contribution in [0.3, 0.4) is 0 Å². The Morgan fingerprint density at radius 3 is 2.57 bits per heavy atom.